The van der Waals surface area contributed by atoms with Crippen molar-refractivity contribution in [3.8, 4) is 0 Å². The van der Waals surface area contributed by atoms with Gasteiger partial charge in [0.1, 0.15) is 0 Å². The summed E-state index contributed by atoms with van der Waals surface area (Å²) in [6, 6.07) is 12.2. The van der Waals surface area contributed by atoms with Gasteiger partial charge in [-0.1, -0.05) is 18.2 Å². The Bertz CT molecular complexity index is 642. The lowest BCUT2D eigenvalue weighted by atomic mass is 10.0. The summed E-state index contributed by atoms with van der Waals surface area (Å²) in [6.45, 7) is 2.00. The molecule has 1 amide bonds. The number of para-hydroxylation sites is 1. The Balaban J connectivity index is 1.65. The highest BCUT2D eigenvalue weighted by atomic mass is 16.2. The van der Waals surface area contributed by atoms with Gasteiger partial charge in [-0.05, 0) is 49.2 Å². The summed E-state index contributed by atoms with van der Waals surface area (Å²) in [5.74, 6) is 0.170. The molecule has 4 heteroatoms. The van der Waals surface area contributed by atoms with Crippen molar-refractivity contribution >= 4 is 11.6 Å². The summed E-state index contributed by atoms with van der Waals surface area (Å²) in [5.41, 5.74) is 3.53. The van der Waals surface area contributed by atoms with Crippen LogP contribution in [0, 0.1) is 0 Å². The Kier molecular flexibility index (Phi) is 4.49. The van der Waals surface area contributed by atoms with E-state index in [0.717, 1.165) is 31.6 Å². The zero-order chi connectivity index (χ0) is 15.4. The van der Waals surface area contributed by atoms with E-state index in [1.807, 2.05) is 36.2 Å². The van der Waals surface area contributed by atoms with Crippen LogP contribution in [0.3, 0.4) is 0 Å². The summed E-state index contributed by atoms with van der Waals surface area (Å²) in [7, 11) is 1.98. The quantitative estimate of drug-likeness (QED) is 0.869. The highest BCUT2D eigenvalue weighted by Crippen LogP contribution is 2.26. The van der Waals surface area contributed by atoms with Gasteiger partial charge in [0.05, 0.1) is 6.54 Å². The average Bonchev–Trinajstić information content (AvgIpc) is 2.55. The van der Waals surface area contributed by atoms with E-state index in [4.69, 9.17) is 0 Å². The van der Waals surface area contributed by atoms with Crippen LogP contribution < -0.4 is 4.90 Å². The van der Waals surface area contributed by atoms with E-state index in [2.05, 4.69) is 22.0 Å². The number of carbonyl (C=O) groups is 1. The van der Waals surface area contributed by atoms with E-state index in [-0.39, 0.29) is 5.91 Å². The standard InChI is InChI=1S/C18H21N3O/c1-20(13-15-8-10-19-11-9-15)14-18(22)21-12-4-6-16-5-2-3-7-17(16)21/h2-3,5,7-11H,4,6,12-14H2,1H3. The molecule has 1 aromatic heterocycles. The number of rotatable bonds is 4. The molecule has 3 rings (SSSR count). The molecule has 0 saturated carbocycles. The molecule has 114 valence electrons. The van der Waals surface area contributed by atoms with E-state index >= 15 is 0 Å². The van der Waals surface area contributed by atoms with Crippen LogP contribution in [0.4, 0.5) is 5.69 Å². The number of likely N-dealkylation sites (N-methyl/N-ethyl adjacent to an activating group) is 1. The number of hydrogen-bond donors (Lipinski definition) is 0. The predicted molar refractivity (Wildman–Crippen MR) is 87.7 cm³/mol. The predicted octanol–water partition coefficient (Wildman–Crippen LogP) is 2.49. The Morgan fingerprint density at radius 2 is 2.00 bits per heavy atom. The molecular formula is C18H21N3O. The maximum atomic E-state index is 12.6. The molecule has 0 radical (unpaired) electrons. The Morgan fingerprint density at radius 3 is 2.82 bits per heavy atom. The first kappa shape index (κ1) is 14.7. The van der Waals surface area contributed by atoms with Gasteiger partial charge in [0.2, 0.25) is 5.91 Å². The number of aromatic nitrogens is 1. The minimum atomic E-state index is 0.170. The van der Waals surface area contributed by atoms with Crippen molar-refractivity contribution in [2.75, 3.05) is 25.0 Å². The first-order chi connectivity index (χ1) is 10.7. The second-order valence-corrected chi connectivity index (χ2v) is 5.81. The second kappa shape index (κ2) is 6.71. The third kappa shape index (κ3) is 3.34. The molecule has 0 bridgehead atoms. The van der Waals surface area contributed by atoms with E-state index in [0.29, 0.717) is 6.54 Å². The molecule has 22 heavy (non-hydrogen) atoms. The summed E-state index contributed by atoms with van der Waals surface area (Å²) in [6.07, 6.45) is 5.67. The molecule has 1 aromatic carbocycles. The number of hydrogen-bond acceptors (Lipinski definition) is 3. The molecule has 2 aromatic rings. The lowest BCUT2D eigenvalue weighted by molar-refractivity contribution is -0.119. The highest BCUT2D eigenvalue weighted by Gasteiger charge is 2.22. The summed E-state index contributed by atoms with van der Waals surface area (Å²) >= 11 is 0. The van der Waals surface area contributed by atoms with Crippen LogP contribution in [0.2, 0.25) is 0 Å². The van der Waals surface area contributed by atoms with Gasteiger partial charge >= 0.3 is 0 Å². The minimum absolute atomic E-state index is 0.170. The Morgan fingerprint density at radius 1 is 1.23 bits per heavy atom. The van der Waals surface area contributed by atoms with Gasteiger partial charge in [-0.3, -0.25) is 14.7 Å². The number of pyridine rings is 1. The fourth-order valence-corrected chi connectivity index (χ4v) is 2.96. The van der Waals surface area contributed by atoms with Crippen molar-refractivity contribution in [1.29, 1.82) is 0 Å². The van der Waals surface area contributed by atoms with E-state index in [1.165, 1.54) is 11.1 Å². The molecule has 1 aliphatic heterocycles. The molecule has 0 unspecified atom stereocenters. The summed E-state index contributed by atoms with van der Waals surface area (Å²) in [4.78, 5) is 20.6. The molecule has 0 N–H and O–H groups in total. The van der Waals surface area contributed by atoms with Crippen LogP contribution in [-0.2, 0) is 17.8 Å². The van der Waals surface area contributed by atoms with Crippen LogP contribution in [0.5, 0.6) is 0 Å². The SMILES string of the molecule is CN(CC(=O)N1CCCc2ccccc21)Cc1ccncc1. The number of nitrogens with zero attached hydrogens (tertiary/aromatic N) is 3. The molecule has 0 spiro atoms. The lowest BCUT2D eigenvalue weighted by Gasteiger charge is -2.31. The van der Waals surface area contributed by atoms with Crippen molar-refractivity contribution in [2.45, 2.75) is 19.4 Å². The molecule has 0 fully saturated rings. The van der Waals surface area contributed by atoms with Gasteiger partial charge in [0.15, 0.2) is 0 Å². The van der Waals surface area contributed by atoms with Gasteiger partial charge in [0, 0.05) is 31.2 Å². The Labute approximate surface area is 131 Å². The zero-order valence-corrected chi connectivity index (χ0v) is 12.9. The second-order valence-electron chi connectivity index (χ2n) is 5.81. The third-order valence-electron chi connectivity index (χ3n) is 4.02. The maximum absolute atomic E-state index is 12.6. The maximum Gasteiger partial charge on any atom is 0.241 e. The van der Waals surface area contributed by atoms with E-state index < -0.39 is 0 Å². The number of aryl methyl sites for hydroxylation is 1. The van der Waals surface area contributed by atoms with E-state index in [9.17, 15) is 4.79 Å². The molecule has 0 atom stereocenters. The number of benzene rings is 1. The van der Waals surface area contributed by atoms with Crippen molar-refractivity contribution in [1.82, 2.24) is 9.88 Å². The lowest BCUT2D eigenvalue weighted by Crippen LogP contribution is -2.41. The highest BCUT2D eigenvalue weighted by molar-refractivity contribution is 5.95. The minimum Gasteiger partial charge on any atom is -0.311 e. The first-order valence-electron chi connectivity index (χ1n) is 7.70. The summed E-state index contributed by atoms with van der Waals surface area (Å²) in [5, 5.41) is 0. The van der Waals surface area contributed by atoms with Gasteiger partial charge in [-0.15, -0.1) is 0 Å². The van der Waals surface area contributed by atoms with Crippen molar-refractivity contribution < 1.29 is 4.79 Å². The van der Waals surface area contributed by atoms with Gasteiger partial charge < -0.3 is 4.90 Å². The molecule has 2 heterocycles. The van der Waals surface area contributed by atoms with Crippen molar-refractivity contribution in [3.63, 3.8) is 0 Å². The summed E-state index contributed by atoms with van der Waals surface area (Å²) < 4.78 is 0. The van der Waals surface area contributed by atoms with Crippen LogP contribution in [0.25, 0.3) is 0 Å². The molecule has 0 aliphatic carbocycles. The van der Waals surface area contributed by atoms with Crippen molar-refractivity contribution in [3.05, 3.63) is 59.9 Å². The van der Waals surface area contributed by atoms with Gasteiger partial charge in [-0.25, -0.2) is 0 Å². The number of carbonyl (C=O) groups excluding carboxylic acids is 1. The zero-order valence-electron chi connectivity index (χ0n) is 12.9. The topological polar surface area (TPSA) is 36.4 Å². The smallest absolute Gasteiger partial charge is 0.241 e. The molecular weight excluding hydrogens is 274 g/mol. The van der Waals surface area contributed by atoms with E-state index in [1.54, 1.807) is 12.4 Å². The average molecular weight is 295 g/mol. The van der Waals surface area contributed by atoms with Crippen LogP contribution in [0.1, 0.15) is 17.5 Å². The van der Waals surface area contributed by atoms with Crippen molar-refractivity contribution in [2.24, 2.45) is 0 Å². The van der Waals surface area contributed by atoms with Gasteiger partial charge in [0.25, 0.3) is 0 Å². The third-order valence-corrected chi connectivity index (χ3v) is 4.02. The largest absolute Gasteiger partial charge is 0.311 e. The Hall–Kier alpha value is -2.20. The van der Waals surface area contributed by atoms with Crippen LogP contribution >= 0.6 is 0 Å². The van der Waals surface area contributed by atoms with Gasteiger partial charge in [-0.2, -0.15) is 0 Å². The molecule has 4 nitrogen and oxygen atoms in total. The van der Waals surface area contributed by atoms with Crippen LogP contribution in [-0.4, -0.2) is 35.9 Å². The fraction of sp³-hybridized carbons (Fsp3) is 0.333. The fourth-order valence-electron chi connectivity index (χ4n) is 2.96. The molecule has 0 saturated heterocycles. The monoisotopic (exact) mass is 295 g/mol. The number of amides is 1. The normalized spacial score (nSPS) is 14.0. The molecule has 1 aliphatic rings. The first-order valence-corrected chi connectivity index (χ1v) is 7.70. The number of anilines is 1. The van der Waals surface area contributed by atoms with Crippen LogP contribution in [0.15, 0.2) is 48.8 Å². The number of fused-ring (bicyclic) bond motifs is 1.